The lowest BCUT2D eigenvalue weighted by Crippen LogP contribution is -2.38. The highest BCUT2D eigenvalue weighted by Gasteiger charge is 2.25. The van der Waals surface area contributed by atoms with E-state index in [1.807, 2.05) is 24.3 Å². The molecule has 0 atom stereocenters. The molecule has 9 heteroatoms. The predicted molar refractivity (Wildman–Crippen MR) is 122 cm³/mol. The Kier molecular flexibility index (Phi) is 6.20. The maximum absolute atomic E-state index is 12.9. The molecular weight excluding hydrogens is 438 g/mol. The Morgan fingerprint density at radius 1 is 1.13 bits per heavy atom. The van der Waals surface area contributed by atoms with Gasteiger partial charge in [-0.15, -0.1) is 11.3 Å². The molecule has 0 saturated heterocycles. The molecule has 0 aliphatic carbocycles. The summed E-state index contributed by atoms with van der Waals surface area (Å²) >= 11 is 7.82. The monoisotopic (exact) mass is 459 g/mol. The zero-order valence-corrected chi connectivity index (χ0v) is 19.0. The SMILES string of the molecule is COc1cccc(-c2nc3c(s2)CN(C(=O)Nc2cc(Cl)c(OC)cc2OC)CC3)c1. The number of anilines is 1. The van der Waals surface area contributed by atoms with Crippen molar-refractivity contribution in [3.63, 3.8) is 0 Å². The molecule has 1 aliphatic heterocycles. The standard InChI is InChI=1S/C22H22ClN3O4S/c1-28-14-6-4-5-13(9-14)21-24-16-7-8-26(12-20(16)31-21)22(27)25-17-10-15(23)18(29-2)11-19(17)30-3/h4-6,9-11H,7-8,12H2,1-3H3,(H,25,27). The highest BCUT2D eigenvalue weighted by atomic mass is 35.5. The second-order valence-electron chi connectivity index (χ2n) is 6.91. The summed E-state index contributed by atoms with van der Waals surface area (Å²) in [6, 6.07) is 10.9. The third-order valence-electron chi connectivity index (χ3n) is 5.05. The van der Waals surface area contributed by atoms with E-state index in [0.29, 0.717) is 41.7 Å². The summed E-state index contributed by atoms with van der Waals surface area (Å²) in [6.45, 7) is 1.07. The third-order valence-corrected chi connectivity index (χ3v) is 6.48. The van der Waals surface area contributed by atoms with Gasteiger partial charge >= 0.3 is 6.03 Å². The zero-order chi connectivity index (χ0) is 22.0. The molecule has 1 aromatic heterocycles. The summed E-state index contributed by atoms with van der Waals surface area (Å²) in [5, 5.41) is 4.22. The number of fused-ring (bicyclic) bond motifs is 1. The zero-order valence-electron chi connectivity index (χ0n) is 17.4. The highest BCUT2D eigenvalue weighted by molar-refractivity contribution is 7.15. The average molecular weight is 460 g/mol. The molecule has 1 N–H and O–H groups in total. The molecule has 0 fully saturated rings. The predicted octanol–water partition coefficient (Wildman–Crippen LogP) is 5.08. The van der Waals surface area contributed by atoms with Crippen LogP contribution in [-0.4, -0.2) is 43.8 Å². The van der Waals surface area contributed by atoms with E-state index in [2.05, 4.69) is 5.32 Å². The summed E-state index contributed by atoms with van der Waals surface area (Å²) in [6.07, 6.45) is 0.698. The number of hydrogen-bond donors (Lipinski definition) is 1. The second-order valence-corrected chi connectivity index (χ2v) is 8.40. The van der Waals surface area contributed by atoms with Crippen LogP contribution < -0.4 is 19.5 Å². The van der Waals surface area contributed by atoms with E-state index < -0.39 is 0 Å². The van der Waals surface area contributed by atoms with Crippen LogP contribution in [0.5, 0.6) is 17.2 Å². The maximum Gasteiger partial charge on any atom is 0.322 e. The van der Waals surface area contributed by atoms with Crippen LogP contribution in [0.1, 0.15) is 10.6 Å². The fraction of sp³-hybridized carbons (Fsp3) is 0.273. The third kappa shape index (κ3) is 4.40. The number of thiazole rings is 1. The van der Waals surface area contributed by atoms with Crippen LogP contribution in [0, 0.1) is 0 Å². The number of ether oxygens (including phenoxy) is 3. The van der Waals surface area contributed by atoms with Gasteiger partial charge in [-0.2, -0.15) is 0 Å². The van der Waals surface area contributed by atoms with Crippen molar-refractivity contribution in [1.82, 2.24) is 9.88 Å². The minimum absolute atomic E-state index is 0.221. The molecule has 0 spiro atoms. The first-order valence-corrected chi connectivity index (χ1v) is 10.8. The number of methoxy groups -OCH3 is 3. The van der Waals surface area contributed by atoms with Crippen LogP contribution in [0.2, 0.25) is 5.02 Å². The van der Waals surface area contributed by atoms with Crippen LogP contribution in [0.25, 0.3) is 10.6 Å². The Hall–Kier alpha value is -2.97. The number of nitrogens with zero attached hydrogens (tertiary/aromatic N) is 2. The van der Waals surface area contributed by atoms with Crippen LogP contribution in [-0.2, 0) is 13.0 Å². The minimum atomic E-state index is -0.221. The molecule has 2 amide bonds. The van der Waals surface area contributed by atoms with Crippen LogP contribution in [0.4, 0.5) is 10.5 Å². The normalized spacial score (nSPS) is 12.8. The number of carbonyl (C=O) groups excluding carboxylic acids is 1. The van der Waals surface area contributed by atoms with Gasteiger partial charge in [-0.05, 0) is 18.2 Å². The van der Waals surface area contributed by atoms with E-state index in [4.69, 9.17) is 30.8 Å². The molecule has 2 aromatic carbocycles. The van der Waals surface area contributed by atoms with Crippen molar-refractivity contribution in [2.24, 2.45) is 0 Å². The molecule has 3 aromatic rings. The molecule has 0 radical (unpaired) electrons. The average Bonchev–Trinajstić information content (AvgIpc) is 3.23. The van der Waals surface area contributed by atoms with Crippen molar-refractivity contribution in [3.8, 4) is 27.8 Å². The van der Waals surface area contributed by atoms with E-state index in [1.165, 1.54) is 14.2 Å². The summed E-state index contributed by atoms with van der Waals surface area (Å²) in [7, 11) is 4.70. The molecular formula is C22H22ClN3O4S. The number of nitrogens with one attached hydrogen (secondary N) is 1. The lowest BCUT2D eigenvalue weighted by atomic mass is 10.2. The highest BCUT2D eigenvalue weighted by Crippen LogP contribution is 2.37. The molecule has 4 rings (SSSR count). The number of halogens is 1. The van der Waals surface area contributed by atoms with Crippen molar-refractivity contribution in [1.29, 1.82) is 0 Å². The summed E-state index contributed by atoms with van der Waals surface area (Å²) in [4.78, 5) is 20.5. The van der Waals surface area contributed by atoms with E-state index in [0.717, 1.165) is 26.9 Å². The molecule has 31 heavy (non-hydrogen) atoms. The van der Waals surface area contributed by atoms with Gasteiger partial charge in [0.15, 0.2) is 0 Å². The number of benzene rings is 2. The number of rotatable bonds is 5. The Morgan fingerprint density at radius 2 is 1.94 bits per heavy atom. The van der Waals surface area contributed by atoms with Gasteiger partial charge in [0.2, 0.25) is 0 Å². The Bertz CT molecular complexity index is 1120. The number of carbonyl (C=O) groups is 1. The maximum atomic E-state index is 12.9. The first-order chi connectivity index (χ1) is 15.0. The van der Waals surface area contributed by atoms with Gasteiger partial charge in [0, 0.05) is 29.5 Å². The topological polar surface area (TPSA) is 72.9 Å². The smallest absolute Gasteiger partial charge is 0.322 e. The van der Waals surface area contributed by atoms with E-state index in [-0.39, 0.29) is 6.03 Å². The van der Waals surface area contributed by atoms with Crippen LogP contribution >= 0.6 is 22.9 Å². The van der Waals surface area contributed by atoms with Crippen LogP contribution in [0.15, 0.2) is 36.4 Å². The van der Waals surface area contributed by atoms with Crippen LogP contribution in [0.3, 0.4) is 0 Å². The van der Waals surface area contributed by atoms with Gasteiger partial charge in [0.05, 0.1) is 44.3 Å². The Labute approximate surface area is 189 Å². The van der Waals surface area contributed by atoms with Gasteiger partial charge in [0.25, 0.3) is 0 Å². The fourth-order valence-corrected chi connectivity index (χ4v) is 4.76. The number of hydrogen-bond acceptors (Lipinski definition) is 6. The van der Waals surface area contributed by atoms with Gasteiger partial charge < -0.3 is 24.4 Å². The number of urea groups is 1. The van der Waals surface area contributed by atoms with Crippen molar-refractivity contribution >= 4 is 34.7 Å². The minimum Gasteiger partial charge on any atom is -0.497 e. The van der Waals surface area contributed by atoms with Gasteiger partial charge in [-0.25, -0.2) is 9.78 Å². The van der Waals surface area contributed by atoms with Crippen molar-refractivity contribution < 1.29 is 19.0 Å². The molecule has 0 saturated carbocycles. The molecule has 7 nitrogen and oxygen atoms in total. The Morgan fingerprint density at radius 3 is 2.68 bits per heavy atom. The second kappa shape index (κ2) is 9.03. The largest absolute Gasteiger partial charge is 0.497 e. The van der Waals surface area contributed by atoms with Gasteiger partial charge in [-0.3, -0.25) is 0 Å². The summed E-state index contributed by atoms with van der Waals surface area (Å²) in [5.74, 6) is 1.75. The van der Waals surface area contributed by atoms with E-state index in [9.17, 15) is 4.79 Å². The number of amides is 2. The first-order valence-electron chi connectivity index (χ1n) is 9.62. The van der Waals surface area contributed by atoms with Crippen molar-refractivity contribution in [3.05, 3.63) is 52.0 Å². The first kappa shape index (κ1) is 21.3. The summed E-state index contributed by atoms with van der Waals surface area (Å²) in [5.41, 5.74) is 2.54. The lowest BCUT2D eigenvalue weighted by molar-refractivity contribution is 0.206. The quantitative estimate of drug-likeness (QED) is 0.576. The molecule has 0 bridgehead atoms. The summed E-state index contributed by atoms with van der Waals surface area (Å²) < 4.78 is 15.9. The van der Waals surface area contributed by atoms with E-state index in [1.54, 1.807) is 35.5 Å². The molecule has 2 heterocycles. The van der Waals surface area contributed by atoms with E-state index >= 15 is 0 Å². The number of aromatic nitrogens is 1. The van der Waals surface area contributed by atoms with Gasteiger partial charge in [-0.1, -0.05) is 23.7 Å². The fourth-order valence-electron chi connectivity index (χ4n) is 3.40. The van der Waals surface area contributed by atoms with Crippen molar-refractivity contribution in [2.45, 2.75) is 13.0 Å². The molecule has 162 valence electrons. The van der Waals surface area contributed by atoms with Crippen molar-refractivity contribution in [2.75, 3.05) is 33.2 Å². The molecule has 1 aliphatic rings. The Balaban J connectivity index is 1.51. The van der Waals surface area contributed by atoms with Gasteiger partial charge in [0.1, 0.15) is 22.3 Å². The molecule has 0 unspecified atom stereocenters. The lowest BCUT2D eigenvalue weighted by Gasteiger charge is -2.26.